The summed E-state index contributed by atoms with van der Waals surface area (Å²) in [7, 11) is 0. The molecule has 3 heteroatoms. The Morgan fingerprint density at radius 1 is 1.73 bits per heavy atom. The summed E-state index contributed by atoms with van der Waals surface area (Å²) >= 11 is 0. The van der Waals surface area contributed by atoms with E-state index in [0.717, 1.165) is 38.6 Å². The second kappa shape index (κ2) is 6.62. The van der Waals surface area contributed by atoms with E-state index in [9.17, 15) is 4.79 Å². The van der Waals surface area contributed by atoms with E-state index in [1.54, 1.807) is 0 Å². The first-order valence-corrected chi connectivity index (χ1v) is 5.92. The highest BCUT2D eigenvalue weighted by molar-refractivity contribution is 5.82. The predicted octanol–water partition coefficient (Wildman–Crippen LogP) is 1.60. The summed E-state index contributed by atoms with van der Waals surface area (Å²) in [5.74, 6) is 0.165. The van der Waals surface area contributed by atoms with Crippen LogP contribution in [-0.4, -0.2) is 24.5 Å². The van der Waals surface area contributed by atoms with Gasteiger partial charge in [-0.05, 0) is 32.1 Å². The lowest BCUT2D eigenvalue weighted by Crippen LogP contribution is -2.51. The lowest BCUT2D eigenvalue weighted by Gasteiger charge is -2.27. The molecule has 0 aromatic carbocycles. The molecule has 15 heavy (non-hydrogen) atoms. The third kappa shape index (κ3) is 4.04. The van der Waals surface area contributed by atoms with Gasteiger partial charge in [0, 0.05) is 12.6 Å². The van der Waals surface area contributed by atoms with Crippen LogP contribution in [0.2, 0.25) is 0 Å². The van der Waals surface area contributed by atoms with Gasteiger partial charge in [0.2, 0.25) is 5.91 Å². The minimum absolute atomic E-state index is 0.0218. The molecule has 0 spiro atoms. The SMILES string of the molecule is C=CCC[C@@H](CC)N[C@@H]1CCCNC1=O. The molecule has 0 aliphatic carbocycles. The maximum atomic E-state index is 11.5. The number of hydrogen-bond acceptors (Lipinski definition) is 2. The van der Waals surface area contributed by atoms with Crippen LogP contribution in [0, 0.1) is 0 Å². The molecule has 2 atom stereocenters. The van der Waals surface area contributed by atoms with E-state index in [0.29, 0.717) is 6.04 Å². The van der Waals surface area contributed by atoms with Gasteiger partial charge in [-0.3, -0.25) is 4.79 Å². The van der Waals surface area contributed by atoms with Crippen molar-refractivity contribution < 1.29 is 4.79 Å². The Bertz CT molecular complexity index is 216. The third-order valence-corrected chi connectivity index (χ3v) is 2.93. The van der Waals surface area contributed by atoms with E-state index in [4.69, 9.17) is 0 Å². The lowest BCUT2D eigenvalue weighted by molar-refractivity contribution is -0.124. The minimum Gasteiger partial charge on any atom is -0.355 e. The van der Waals surface area contributed by atoms with Gasteiger partial charge in [-0.15, -0.1) is 6.58 Å². The fourth-order valence-corrected chi connectivity index (χ4v) is 1.94. The third-order valence-electron chi connectivity index (χ3n) is 2.93. The Hall–Kier alpha value is -0.830. The van der Waals surface area contributed by atoms with Gasteiger partial charge in [-0.1, -0.05) is 13.0 Å². The number of hydrogen-bond donors (Lipinski definition) is 2. The first-order valence-electron chi connectivity index (χ1n) is 5.92. The standard InChI is InChI=1S/C12H22N2O/c1-3-5-7-10(4-2)14-11-8-6-9-13-12(11)15/h3,10-11,14H,1,4-9H2,2H3,(H,13,15)/t10-,11-/m1/s1. The quantitative estimate of drug-likeness (QED) is 0.654. The molecule has 0 radical (unpaired) electrons. The van der Waals surface area contributed by atoms with Crippen molar-refractivity contribution in [2.24, 2.45) is 0 Å². The summed E-state index contributed by atoms with van der Waals surface area (Å²) in [6.07, 6.45) is 7.14. The first kappa shape index (κ1) is 12.2. The van der Waals surface area contributed by atoms with Gasteiger partial charge >= 0.3 is 0 Å². The van der Waals surface area contributed by atoms with Crippen LogP contribution in [0.25, 0.3) is 0 Å². The van der Waals surface area contributed by atoms with Crippen LogP contribution >= 0.6 is 0 Å². The number of nitrogens with one attached hydrogen (secondary N) is 2. The van der Waals surface area contributed by atoms with Crippen molar-refractivity contribution in [3.8, 4) is 0 Å². The van der Waals surface area contributed by atoms with Crippen LogP contribution in [0.1, 0.15) is 39.0 Å². The largest absolute Gasteiger partial charge is 0.355 e. The molecule has 0 unspecified atom stereocenters. The van der Waals surface area contributed by atoms with E-state index >= 15 is 0 Å². The number of carbonyl (C=O) groups excluding carboxylic acids is 1. The summed E-state index contributed by atoms with van der Waals surface area (Å²) in [5, 5.41) is 6.33. The molecular formula is C12H22N2O. The van der Waals surface area contributed by atoms with Gasteiger partial charge in [0.05, 0.1) is 6.04 Å². The molecule has 0 aromatic rings. The summed E-state index contributed by atoms with van der Waals surface area (Å²) < 4.78 is 0. The van der Waals surface area contributed by atoms with Gasteiger partial charge in [-0.2, -0.15) is 0 Å². The number of amides is 1. The van der Waals surface area contributed by atoms with E-state index in [1.165, 1.54) is 0 Å². The molecule has 0 bridgehead atoms. The van der Waals surface area contributed by atoms with Crippen molar-refractivity contribution in [3.05, 3.63) is 12.7 Å². The first-order chi connectivity index (χ1) is 7.27. The Kier molecular flexibility index (Phi) is 5.40. The molecule has 2 N–H and O–H groups in total. The van der Waals surface area contributed by atoms with Gasteiger partial charge < -0.3 is 10.6 Å². The Morgan fingerprint density at radius 2 is 2.53 bits per heavy atom. The Labute approximate surface area is 92.3 Å². The maximum Gasteiger partial charge on any atom is 0.237 e. The molecule has 3 nitrogen and oxygen atoms in total. The van der Waals surface area contributed by atoms with Gasteiger partial charge in [0.15, 0.2) is 0 Å². The number of rotatable bonds is 6. The summed E-state index contributed by atoms with van der Waals surface area (Å²) in [4.78, 5) is 11.5. The molecule has 86 valence electrons. The van der Waals surface area contributed by atoms with Gasteiger partial charge in [0.25, 0.3) is 0 Å². The maximum absolute atomic E-state index is 11.5. The van der Waals surface area contributed by atoms with Crippen molar-refractivity contribution in [1.29, 1.82) is 0 Å². The van der Waals surface area contributed by atoms with Crippen LogP contribution in [0.5, 0.6) is 0 Å². The minimum atomic E-state index is 0.0218. The normalized spacial score (nSPS) is 23.3. The van der Waals surface area contributed by atoms with Gasteiger partial charge in [-0.25, -0.2) is 0 Å². The smallest absolute Gasteiger partial charge is 0.237 e. The molecule has 1 aliphatic rings. The Morgan fingerprint density at radius 3 is 3.13 bits per heavy atom. The highest BCUT2D eigenvalue weighted by atomic mass is 16.2. The zero-order valence-electron chi connectivity index (χ0n) is 9.59. The molecule has 0 aromatic heterocycles. The molecular weight excluding hydrogens is 188 g/mol. The van der Waals surface area contributed by atoms with E-state index in [2.05, 4.69) is 24.1 Å². The second-order valence-electron chi connectivity index (χ2n) is 4.12. The molecule has 1 saturated heterocycles. The predicted molar refractivity (Wildman–Crippen MR) is 62.7 cm³/mol. The lowest BCUT2D eigenvalue weighted by atomic mass is 10.0. The van der Waals surface area contributed by atoms with Crippen molar-refractivity contribution in [3.63, 3.8) is 0 Å². The average Bonchev–Trinajstić information content (AvgIpc) is 2.26. The van der Waals surface area contributed by atoms with Crippen molar-refractivity contribution in [2.45, 2.75) is 51.1 Å². The fourth-order valence-electron chi connectivity index (χ4n) is 1.94. The van der Waals surface area contributed by atoms with Crippen molar-refractivity contribution in [2.75, 3.05) is 6.54 Å². The van der Waals surface area contributed by atoms with Crippen LogP contribution in [0.15, 0.2) is 12.7 Å². The molecule has 0 saturated carbocycles. The fraction of sp³-hybridized carbons (Fsp3) is 0.750. The van der Waals surface area contributed by atoms with Crippen LogP contribution in [0.3, 0.4) is 0 Å². The van der Waals surface area contributed by atoms with Gasteiger partial charge in [0.1, 0.15) is 0 Å². The van der Waals surface area contributed by atoms with E-state index in [-0.39, 0.29) is 11.9 Å². The van der Waals surface area contributed by atoms with E-state index < -0.39 is 0 Å². The van der Waals surface area contributed by atoms with Crippen LogP contribution < -0.4 is 10.6 Å². The highest BCUT2D eigenvalue weighted by Gasteiger charge is 2.23. The van der Waals surface area contributed by atoms with Crippen LogP contribution in [0.4, 0.5) is 0 Å². The molecule has 1 fully saturated rings. The zero-order chi connectivity index (χ0) is 11.1. The molecule has 1 aliphatic heterocycles. The summed E-state index contributed by atoms with van der Waals surface area (Å²) in [6.45, 7) is 6.71. The highest BCUT2D eigenvalue weighted by Crippen LogP contribution is 2.08. The van der Waals surface area contributed by atoms with E-state index in [1.807, 2.05) is 6.08 Å². The zero-order valence-corrected chi connectivity index (χ0v) is 9.59. The molecule has 1 rings (SSSR count). The summed E-state index contributed by atoms with van der Waals surface area (Å²) in [6, 6.07) is 0.463. The average molecular weight is 210 g/mol. The number of allylic oxidation sites excluding steroid dienone is 1. The number of carbonyl (C=O) groups is 1. The van der Waals surface area contributed by atoms with Crippen molar-refractivity contribution >= 4 is 5.91 Å². The number of piperidine rings is 1. The second-order valence-corrected chi connectivity index (χ2v) is 4.12. The topological polar surface area (TPSA) is 41.1 Å². The van der Waals surface area contributed by atoms with Crippen LogP contribution in [-0.2, 0) is 4.79 Å². The van der Waals surface area contributed by atoms with Crippen molar-refractivity contribution in [1.82, 2.24) is 10.6 Å². The summed E-state index contributed by atoms with van der Waals surface area (Å²) in [5.41, 5.74) is 0. The molecule has 1 heterocycles. The molecule has 1 amide bonds. The Balaban J connectivity index is 2.35. The monoisotopic (exact) mass is 210 g/mol.